The van der Waals surface area contributed by atoms with Crippen molar-refractivity contribution in [3.8, 4) is 17.7 Å². The van der Waals surface area contributed by atoms with E-state index in [2.05, 4.69) is 16.0 Å². The molecule has 118 valence electrons. The second-order valence-electron chi connectivity index (χ2n) is 5.10. The van der Waals surface area contributed by atoms with Crippen LogP contribution in [0.4, 0.5) is 0 Å². The predicted molar refractivity (Wildman–Crippen MR) is 94.0 cm³/mol. The first-order chi connectivity index (χ1) is 11.7. The summed E-state index contributed by atoms with van der Waals surface area (Å²) in [6.45, 7) is 1.91. The number of para-hydroxylation sites is 1. The maximum atomic E-state index is 9.16. The van der Waals surface area contributed by atoms with Gasteiger partial charge in [0.25, 0.3) is 0 Å². The van der Waals surface area contributed by atoms with Crippen LogP contribution in [0, 0.1) is 18.3 Å². The van der Waals surface area contributed by atoms with Crippen molar-refractivity contribution < 1.29 is 4.74 Å². The monoisotopic (exact) mass is 333 g/mol. The van der Waals surface area contributed by atoms with Crippen molar-refractivity contribution in [1.82, 2.24) is 9.97 Å². The van der Waals surface area contributed by atoms with Gasteiger partial charge in [0.1, 0.15) is 5.75 Å². The average Bonchev–Trinajstić information content (AvgIpc) is 2.60. The fourth-order valence-corrected chi connectivity index (χ4v) is 3.04. The molecular weight excluding hydrogens is 318 g/mol. The van der Waals surface area contributed by atoms with Gasteiger partial charge in [-0.15, -0.1) is 0 Å². The lowest BCUT2D eigenvalue weighted by Gasteiger charge is -2.08. The van der Waals surface area contributed by atoms with Gasteiger partial charge in [0.05, 0.1) is 11.6 Å². The van der Waals surface area contributed by atoms with E-state index in [1.54, 1.807) is 6.07 Å². The van der Waals surface area contributed by atoms with Gasteiger partial charge in [-0.2, -0.15) is 10.2 Å². The number of ether oxygens (including phenoxy) is 1. The maximum Gasteiger partial charge on any atom is 0.223 e. The van der Waals surface area contributed by atoms with Crippen molar-refractivity contribution in [2.75, 3.05) is 0 Å². The minimum atomic E-state index is 0.518. The summed E-state index contributed by atoms with van der Waals surface area (Å²) in [6, 6.07) is 21.1. The second kappa shape index (κ2) is 7.62. The number of aromatic nitrogens is 2. The van der Waals surface area contributed by atoms with E-state index in [-0.39, 0.29) is 0 Å². The summed E-state index contributed by atoms with van der Waals surface area (Å²) in [7, 11) is 0. The molecule has 2 aromatic carbocycles. The molecule has 0 bridgehead atoms. The summed E-state index contributed by atoms with van der Waals surface area (Å²) in [5, 5.41) is 9.79. The molecule has 0 saturated carbocycles. The van der Waals surface area contributed by atoms with Crippen LogP contribution < -0.4 is 4.74 Å². The molecule has 24 heavy (non-hydrogen) atoms. The number of thioether (sulfide) groups is 1. The molecule has 0 radical (unpaired) electrons. The van der Waals surface area contributed by atoms with Gasteiger partial charge in [0.2, 0.25) is 5.88 Å². The van der Waals surface area contributed by atoms with Gasteiger partial charge in [-0.3, -0.25) is 0 Å². The summed E-state index contributed by atoms with van der Waals surface area (Å²) in [5.41, 5.74) is 2.49. The Morgan fingerprint density at radius 1 is 1.04 bits per heavy atom. The molecular formula is C19H15N3OS. The number of hydrogen-bond donors (Lipinski definition) is 0. The van der Waals surface area contributed by atoms with Crippen molar-refractivity contribution in [1.29, 1.82) is 5.26 Å². The van der Waals surface area contributed by atoms with Crippen LogP contribution in [0.2, 0.25) is 0 Å². The van der Waals surface area contributed by atoms with E-state index >= 15 is 0 Å². The highest BCUT2D eigenvalue weighted by atomic mass is 32.2. The quantitative estimate of drug-likeness (QED) is 0.498. The number of nitrogens with zero attached hydrogens (tertiary/aromatic N) is 3. The Labute approximate surface area is 145 Å². The molecule has 0 amide bonds. The Bertz CT molecular complexity index is 875. The molecule has 0 atom stereocenters. The molecule has 0 saturated heterocycles. The average molecular weight is 333 g/mol. The number of rotatable bonds is 5. The Morgan fingerprint density at radius 3 is 2.58 bits per heavy atom. The minimum absolute atomic E-state index is 0.518. The van der Waals surface area contributed by atoms with E-state index in [1.165, 1.54) is 11.8 Å². The van der Waals surface area contributed by atoms with E-state index in [4.69, 9.17) is 10.00 Å². The molecule has 5 heteroatoms. The molecule has 3 aromatic rings. The van der Waals surface area contributed by atoms with E-state index in [9.17, 15) is 0 Å². The van der Waals surface area contributed by atoms with Crippen LogP contribution in [0.15, 0.2) is 65.8 Å². The molecule has 4 nitrogen and oxygen atoms in total. The Balaban J connectivity index is 1.75. The molecule has 0 aliphatic heterocycles. The smallest absolute Gasteiger partial charge is 0.223 e. The van der Waals surface area contributed by atoms with E-state index in [0.717, 1.165) is 17.0 Å². The standard InChI is InChI=1S/C19H15N3OS/c1-14-11-18(23-17-9-3-2-4-10-17)22-19(21-14)24-13-16-8-6-5-7-15(16)12-20/h2-11H,13H2,1H3. The van der Waals surface area contributed by atoms with Crippen molar-refractivity contribution in [3.63, 3.8) is 0 Å². The molecule has 0 fully saturated rings. The highest BCUT2D eigenvalue weighted by Crippen LogP contribution is 2.25. The zero-order valence-corrected chi connectivity index (χ0v) is 14.0. The van der Waals surface area contributed by atoms with Gasteiger partial charge in [-0.1, -0.05) is 48.2 Å². The van der Waals surface area contributed by atoms with Gasteiger partial charge in [-0.25, -0.2) is 4.98 Å². The summed E-state index contributed by atoms with van der Waals surface area (Å²) in [4.78, 5) is 8.88. The fourth-order valence-electron chi connectivity index (χ4n) is 2.14. The number of aryl methyl sites for hydroxylation is 1. The largest absolute Gasteiger partial charge is 0.439 e. The van der Waals surface area contributed by atoms with Crippen LogP contribution in [0.5, 0.6) is 11.6 Å². The van der Waals surface area contributed by atoms with Gasteiger partial charge in [0.15, 0.2) is 5.16 Å². The van der Waals surface area contributed by atoms with Crippen LogP contribution in [0.25, 0.3) is 0 Å². The van der Waals surface area contributed by atoms with Gasteiger partial charge < -0.3 is 4.74 Å². The molecule has 3 rings (SSSR count). The number of hydrogen-bond acceptors (Lipinski definition) is 5. The highest BCUT2D eigenvalue weighted by molar-refractivity contribution is 7.98. The maximum absolute atomic E-state index is 9.16. The van der Waals surface area contributed by atoms with Crippen molar-refractivity contribution in [2.24, 2.45) is 0 Å². The van der Waals surface area contributed by atoms with Crippen molar-refractivity contribution in [3.05, 3.63) is 77.5 Å². The van der Waals surface area contributed by atoms with E-state index < -0.39 is 0 Å². The number of benzene rings is 2. The zero-order valence-electron chi connectivity index (χ0n) is 13.1. The highest BCUT2D eigenvalue weighted by Gasteiger charge is 2.07. The first-order valence-electron chi connectivity index (χ1n) is 7.44. The molecule has 1 heterocycles. The van der Waals surface area contributed by atoms with Crippen LogP contribution >= 0.6 is 11.8 Å². The Morgan fingerprint density at radius 2 is 1.79 bits per heavy atom. The molecule has 0 aliphatic carbocycles. The van der Waals surface area contributed by atoms with Crippen LogP contribution in [-0.4, -0.2) is 9.97 Å². The van der Waals surface area contributed by atoms with Crippen LogP contribution in [0.3, 0.4) is 0 Å². The van der Waals surface area contributed by atoms with Gasteiger partial charge >= 0.3 is 0 Å². The zero-order chi connectivity index (χ0) is 16.8. The third-order valence-corrected chi connectivity index (χ3v) is 4.17. The second-order valence-corrected chi connectivity index (χ2v) is 6.05. The molecule has 1 aromatic heterocycles. The van der Waals surface area contributed by atoms with E-state index in [0.29, 0.717) is 22.4 Å². The lowest BCUT2D eigenvalue weighted by atomic mass is 10.1. The van der Waals surface area contributed by atoms with Crippen molar-refractivity contribution in [2.45, 2.75) is 17.8 Å². The SMILES string of the molecule is Cc1cc(Oc2ccccc2)nc(SCc2ccccc2C#N)n1. The number of nitriles is 1. The molecule has 0 N–H and O–H groups in total. The minimum Gasteiger partial charge on any atom is -0.439 e. The predicted octanol–water partition coefficient (Wildman–Crippen LogP) is 4.74. The molecule has 0 aliphatic rings. The Hall–Kier alpha value is -2.84. The van der Waals surface area contributed by atoms with Crippen molar-refractivity contribution >= 4 is 11.8 Å². The van der Waals surface area contributed by atoms with Gasteiger partial charge in [0, 0.05) is 17.5 Å². The summed E-state index contributed by atoms with van der Waals surface area (Å²) in [6.07, 6.45) is 0. The molecule has 0 spiro atoms. The van der Waals surface area contributed by atoms with Crippen LogP contribution in [-0.2, 0) is 5.75 Å². The third-order valence-electron chi connectivity index (χ3n) is 3.27. The summed E-state index contributed by atoms with van der Waals surface area (Å²) in [5.74, 6) is 1.89. The van der Waals surface area contributed by atoms with Crippen LogP contribution in [0.1, 0.15) is 16.8 Å². The Kier molecular flexibility index (Phi) is 5.09. The lowest BCUT2D eigenvalue weighted by molar-refractivity contribution is 0.454. The topological polar surface area (TPSA) is 58.8 Å². The first kappa shape index (κ1) is 16.0. The summed E-state index contributed by atoms with van der Waals surface area (Å²) >= 11 is 1.49. The molecule has 0 unspecified atom stereocenters. The fraction of sp³-hybridized carbons (Fsp3) is 0.105. The first-order valence-corrected chi connectivity index (χ1v) is 8.42. The summed E-state index contributed by atoms with van der Waals surface area (Å²) < 4.78 is 5.78. The lowest BCUT2D eigenvalue weighted by Crippen LogP contribution is -1.95. The third kappa shape index (κ3) is 4.12. The van der Waals surface area contributed by atoms with E-state index in [1.807, 2.05) is 61.5 Å². The van der Waals surface area contributed by atoms with Gasteiger partial charge in [-0.05, 0) is 30.7 Å². The normalized spacial score (nSPS) is 10.2.